The van der Waals surface area contributed by atoms with Crippen LogP contribution < -0.4 is 4.74 Å². The number of rotatable bonds is 7. The van der Waals surface area contributed by atoms with Gasteiger partial charge in [-0.1, -0.05) is 84.9 Å². The molecule has 3 aromatic carbocycles. The molecule has 0 saturated heterocycles. The van der Waals surface area contributed by atoms with E-state index in [9.17, 15) is 0 Å². The van der Waals surface area contributed by atoms with Crippen molar-refractivity contribution in [2.24, 2.45) is 0 Å². The van der Waals surface area contributed by atoms with Crippen molar-refractivity contribution in [2.45, 2.75) is 19.4 Å². The first-order valence-electron chi connectivity index (χ1n) is 8.29. The Balaban J connectivity index is 1.87. The summed E-state index contributed by atoms with van der Waals surface area (Å²) in [5.41, 5.74) is 4.88. The SMILES string of the molecule is C=CCc1cccc(Cc2ccccc2)c1OCc1ccccc1. The fourth-order valence-corrected chi connectivity index (χ4v) is 2.82. The molecule has 1 heteroatoms. The Labute approximate surface area is 144 Å². The quantitative estimate of drug-likeness (QED) is 0.517. The first kappa shape index (κ1) is 16.1. The lowest BCUT2D eigenvalue weighted by Crippen LogP contribution is -2.02. The minimum atomic E-state index is 0.580. The van der Waals surface area contributed by atoms with Crippen LogP contribution in [0.3, 0.4) is 0 Å². The smallest absolute Gasteiger partial charge is 0.126 e. The van der Waals surface area contributed by atoms with Crippen LogP contribution in [0.4, 0.5) is 0 Å². The molecule has 0 aromatic heterocycles. The molecular formula is C23H22O. The molecular weight excluding hydrogens is 292 g/mol. The molecule has 0 radical (unpaired) electrons. The minimum Gasteiger partial charge on any atom is -0.488 e. The summed E-state index contributed by atoms with van der Waals surface area (Å²) in [4.78, 5) is 0. The maximum Gasteiger partial charge on any atom is 0.126 e. The van der Waals surface area contributed by atoms with Crippen molar-refractivity contribution in [1.82, 2.24) is 0 Å². The zero-order valence-corrected chi connectivity index (χ0v) is 13.8. The van der Waals surface area contributed by atoms with Crippen LogP contribution in [0.2, 0.25) is 0 Å². The molecule has 0 fully saturated rings. The van der Waals surface area contributed by atoms with Gasteiger partial charge in [-0.15, -0.1) is 6.58 Å². The van der Waals surface area contributed by atoms with E-state index in [0.29, 0.717) is 6.61 Å². The van der Waals surface area contributed by atoms with Crippen molar-refractivity contribution in [1.29, 1.82) is 0 Å². The number of ether oxygens (including phenoxy) is 1. The zero-order chi connectivity index (χ0) is 16.6. The molecule has 0 unspecified atom stereocenters. The van der Waals surface area contributed by atoms with Gasteiger partial charge in [-0.3, -0.25) is 0 Å². The first-order valence-corrected chi connectivity index (χ1v) is 8.29. The summed E-state index contributed by atoms with van der Waals surface area (Å²) in [6, 6.07) is 27.2. The van der Waals surface area contributed by atoms with E-state index in [1.54, 1.807) is 0 Å². The summed E-state index contributed by atoms with van der Waals surface area (Å²) < 4.78 is 6.23. The third-order valence-corrected chi connectivity index (χ3v) is 4.01. The average Bonchev–Trinajstić information content (AvgIpc) is 2.63. The second-order valence-electron chi connectivity index (χ2n) is 5.83. The van der Waals surface area contributed by atoms with Gasteiger partial charge in [-0.25, -0.2) is 0 Å². The molecule has 0 atom stereocenters. The largest absolute Gasteiger partial charge is 0.488 e. The van der Waals surface area contributed by atoms with Crippen molar-refractivity contribution in [3.63, 3.8) is 0 Å². The van der Waals surface area contributed by atoms with Crippen LogP contribution in [-0.2, 0) is 19.4 Å². The number of allylic oxidation sites excluding steroid dienone is 1. The zero-order valence-electron chi connectivity index (χ0n) is 13.8. The summed E-state index contributed by atoms with van der Waals surface area (Å²) in [5, 5.41) is 0. The van der Waals surface area contributed by atoms with Crippen LogP contribution in [0.15, 0.2) is 91.5 Å². The van der Waals surface area contributed by atoms with E-state index < -0.39 is 0 Å². The molecule has 0 saturated carbocycles. The Morgan fingerprint density at radius 2 is 1.33 bits per heavy atom. The van der Waals surface area contributed by atoms with E-state index in [0.717, 1.165) is 18.6 Å². The molecule has 0 amide bonds. The van der Waals surface area contributed by atoms with E-state index >= 15 is 0 Å². The molecule has 3 rings (SSSR count). The molecule has 0 spiro atoms. The highest BCUT2D eigenvalue weighted by molar-refractivity contribution is 5.45. The van der Waals surface area contributed by atoms with Gasteiger partial charge in [0.15, 0.2) is 0 Å². The maximum atomic E-state index is 6.23. The van der Waals surface area contributed by atoms with Gasteiger partial charge in [0, 0.05) is 6.42 Å². The Morgan fingerprint density at radius 3 is 2.00 bits per heavy atom. The van der Waals surface area contributed by atoms with Gasteiger partial charge >= 0.3 is 0 Å². The second kappa shape index (κ2) is 8.16. The molecule has 1 nitrogen and oxygen atoms in total. The molecule has 0 aliphatic carbocycles. The van der Waals surface area contributed by atoms with Crippen molar-refractivity contribution in [3.05, 3.63) is 114 Å². The van der Waals surface area contributed by atoms with Gasteiger partial charge in [0.25, 0.3) is 0 Å². The van der Waals surface area contributed by atoms with Gasteiger partial charge in [-0.2, -0.15) is 0 Å². The van der Waals surface area contributed by atoms with Gasteiger partial charge in [0.1, 0.15) is 12.4 Å². The summed E-state index contributed by atoms with van der Waals surface area (Å²) in [6.07, 6.45) is 3.61. The van der Waals surface area contributed by atoms with Crippen LogP contribution in [0.5, 0.6) is 5.75 Å². The highest BCUT2D eigenvalue weighted by Crippen LogP contribution is 2.28. The molecule has 0 aliphatic heterocycles. The predicted octanol–water partition coefficient (Wildman–Crippen LogP) is 5.58. The van der Waals surface area contributed by atoms with Crippen LogP contribution in [0, 0.1) is 0 Å². The normalized spacial score (nSPS) is 10.3. The molecule has 0 N–H and O–H groups in total. The minimum absolute atomic E-state index is 0.580. The Hall–Kier alpha value is -2.80. The predicted molar refractivity (Wildman–Crippen MR) is 100 cm³/mol. The van der Waals surface area contributed by atoms with Gasteiger partial charge in [0.2, 0.25) is 0 Å². The number of hydrogen-bond acceptors (Lipinski definition) is 1. The fourth-order valence-electron chi connectivity index (χ4n) is 2.82. The average molecular weight is 314 g/mol. The summed E-state index contributed by atoms with van der Waals surface area (Å²) >= 11 is 0. The molecule has 0 heterocycles. The van der Waals surface area contributed by atoms with Gasteiger partial charge in [0.05, 0.1) is 0 Å². The van der Waals surface area contributed by atoms with Crippen molar-refractivity contribution in [3.8, 4) is 5.75 Å². The first-order chi connectivity index (χ1) is 11.9. The lowest BCUT2D eigenvalue weighted by atomic mass is 10.00. The lowest BCUT2D eigenvalue weighted by molar-refractivity contribution is 0.300. The fraction of sp³-hybridized carbons (Fsp3) is 0.130. The van der Waals surface area contributed by atoms with Gasteiger partial charge < -0.3 is 4.74 Å². The Bertz CT molecular complexity index is 776. The van der Waals surface area contributed by atoms with E-state index in [2.05, 4.69) is 61.2 Å². The standard InChI is InChI=1S/C23H22O/c1-2-10-21-15-9-16-22(17-19-11-5-3-6-12-19)23(21)24-18-20-13-7-4-8-14-20/h2-9,11-16H,1,10,17-18H2. The molecule has 120 valence electrons. The van der Waals surface area contributed by atoms with E-state index in [1.807, 2.05) is 30.3 Å². The third kappa shape index (κ3) is 4.14. The second-order valence-corrected chi connectivity index (χ2v) is 5.83. The van der Waals surface area contributed by atoms with Crippen LogP contribution in [0.25, 0.3) is 0 Å². The topological polar surface area (TPSA) is 9.23 Å². The highest BCUT2D eigenvalue weighted by atomic mass is 16.5. The highest BCUT2D eigenvalue weighted by Gasteiger charge is 2.10. The summed E-state index contributed by atoms with van der Waals surface area (Å²) in [6.45, 7) is 4.45. The van der Waals surface area contributed by atoms with Crippen molar-refractivity contribution >= 4 is 0 Å². The van der Waals surface area contributed by atoms with E-state index in [1.165, 1.54) is 22.3 Å². The maximum absolute atomic E-state index is 6.23. The summed E-state index contributed by atoms with van der Waals surface area (Å²) in [5.74, 6) is 0.991. The molecule has 3 aromatic rings. The van der Waals surface area contributed by atoms with Crippen LogP contribution in [-0.4, -0.2) is 0 Å². The number of hydrogen-bond donors (Lipinski definition) is 0. The number of para-hydroxylation sites is 1. The van der Waals surface area contributed by atoms with Crippen LogP contribution in [0.1, 0.15) is 22.3 Å². The lowest BCUT2D eigenvalue weighted by Gasteiger charge is -2.16. The van der Waals surface area contributed by atoms with Crippen molar-refractivity contribution in [2.75, 3.05) is 0 Å². The molecule has 0 aliphatic rings. The monoisotopic (exact) mass is 314 g/mol. The summed E-state index contributed by atoms with van der Waals surface area (Å²) in [7, 11) is 0. The van der Waals surface area contributed by atoms with Crippen LogP contribution >= 0.6 is 0 Å². The third-order valence-electron chi connectivity index (χ3n) is 4.01. The van der Waals surface area contributed by atoms with Crippen molar-refractivity contribution < 1.29 is 4.74 Å². The Morgan fingerprint density at radius 1 is 0.708 bits per heavy atom. The van der Waals surface area contributed by atoms with Gasteiger partial charge in [-0.05, 0) is 28.7 Å². The number of benzene rings is 3. The van der Waals surface area contributed by atoms with E-state index in [4.69, 9.17) is 4.74 Å². The molecule has 24 heavy (non-hydrogen) atoms. The van der Waals surface area contributed by atoms with E-state index in [-0.39, 0.29) is 0 Å². The Kier molecular flexibility index (Phi) is 5.47. The molecule has 0 bridgehead atoms.